The number of carbonyl (C=O) groups is 2. The van der Waals surface area contributed by atoms with E-state index in [1.165, 1.54) is 0 Å². The second kappa shape index (κ2) is 9.77. The van der Waals surface area contributed by atoms with E-state index < -0.39 is 0 Å². The van der Waals surface area contributed by atoms with Crippen LogP contribution in [0.5, 0.6) is 23.0 Å². The molecule has 2 aliphatic rings. The molecule has 1 amide bonds. The van der Waals surface area contributed by atoms with Gasteiger partial charge < -0.3 is 23.8 Å². The van der Waals surface area contributed by atoms with Crippen LogP contribution in [0.3, 0.4) is 0 Å². The van der Waals surface area contributed by atoms with E-state index in [2.05, 4.69) is 0 Å². The average molecular weight is 437 g/mol. The zero-order valence-corrected chi connectivity index (χ0v) is 18.4. The quantitative estimate of drug-likeness (QED) is 0.634. The van der Waals surface area contributed by atoms with Gasteiger partial charge in [0.2, 0.25) is 5.78 Å². The highest BCUT2D eigenvalue weighted by atomic mass is 16.5. The smallest absolute Gasteiger partial charge is 0.260 e. The summed E-state index contributed by atoms with van der Waals surface area (Å²) in [5.74, 6) is 2.08. The number of benzene rings is 2. The van der Waals surface area contributed by atoms with Crippen molar-refractivity contribution in [2.45, 2.75) is 25.7 Å². The molecule has 0 spiro atoms. The number of allylic oxidation sites excluding steroid dienone is 1. The number of nitrogens with zero attached hydrogens (tertiary/aromatic N) is 1. The maximum absolute atomic E-state index is 12.8. The van der Waals surface area contributed by atoms with Crippen LogP contribution in [0, 0.1) is 0 Å². The number of ether oxygens (including phenoxy) is 4. The third-order valence-electron chi connectivity index (χ3n) is 5.69. The number of likely N-dealkylation sites (tertiary alicyclic amines) is 1. The summed E-state index contributed by atoms with van der Waals surface area (Å²) in [4.78, 5) is 27.1. The lowest BCUT2D eigenvalue weighted by Crippen LogP contribution is -2.35. The summed E-state index contributed by atoms with van der Waals surface area (Å²) in [6, 6.07) is 10.3. The highest BCUT2D eigenvalue weighted by Crippen LogP contribution is 2.36. The van der Waals surface area contributed by atoms with Gasteiger partial charge in [0.25, 0.3) is 5.91 Å². The number of fused-ring (bicyclic) bond motifs is 1. The zero-order valence-electron chi connectivity index (χ0n) is 18.4. The summed E-state index contributed by atoms with van der Waals surface area (Å²) in [5, 5.41) is 0. The van der Waals surface area contributed by atoms with Crippen molar-refractivity contribution < 1.29 is 28.5 Å². The first-order valence-electron chi connectivity index (χ1n) is 10.8. The molecule has 7 nitrogen and oxygen atoms in total. The molecule has 168 valence electrons. The molecule has 2 aliphatic heterocycles. The van der Waals surface area contributed by atoms with Gasteiger partial charge in [-0.25, -0.2) is 0 Å². The van der Waals surface area contributed by atoms with Crippen molar-refractivity contribution in [3.63, 3.8) is 0 Å². The number of Topliss-reactive ketones (excluding diaryl/α,β-unsaturated/α-hetero) is 1. The third-order valence-corrected chi connectivity index (χ3v) is 5.69. The molecule has 2 aromatic rings. The lowest BCUT2D eigenvalue weighted by atomic mass is 10.1. The molecular weight excluding hydrogens is 410 g/mol. The average Bonchev–Trinajstić information content (AvgIpc) is 2.99. The maximum atomic E-state index is 12.8. The Hall–Kier alpha value is -3.48. The Labute approximate surface area is 187 Å². The number of hydrogen-bond donors (Lipinski definition) is 0. The minimum atomic E-state index is -0.225. The van der Waals surface area contributed by atoms with Crippen molar-refractivity contribution in [2.24, 2.45) is 0 Å². The van der Waals surface area contributed by atoms with Gasteiger partial charge in [-0.1, -0.05) is 12.8 Å². The predicted molar refractivity (Wildman–Crippen MR) is 119 cm³/mol. The van der Waals surface area contributed by atoms with Gasteiger partial charge in [-0.15, -0.1) is 0 Å². The van der Waals surface area contributed by atoms with Crippen molar-refractivity contribution >= 4 is 17.8 Å². The third kappa shape index (κ3) is 4.72. The monoisotopic (exact) mass is 437 g/mol. The van der Waals surface area contributed by atoms with E-state index in [-0.39, 0.29) is 24.1 Å². The van der Waals surface area contributed by atoms with E-state index in [9.17, 15) is 9.59 Å². The molecule has 0 unspecified atom stereocenters. The van der Waals surface area contributed by atoms with Gasteiger partial charge >= 0.3 is 0 Å². The van der Waals surface area contributed by atoms with Crippen LogP contribution in [0.4, 0.5) is 0 Å². The highest BCUT2D eigenvalue weighted by molar-refractivity contribution is 6.14. The first-order chi connectivity index (χ1) is 15.6. The molecule has 32 heavy (non-hydrogen) atoms. The van der Waals surface area contributed by atoms with Gasteiger partial charge in [0.1, 0.15) is 23.0 Å². The second-order valence-corrected chi connectivity index (χ2v) is 7.79. The fourth-order valence-electron chi connectivity index (χ4n) is 3.91. The minimum Gasteiger partial charge on any atom is -0.497 e. The van der Waals surface area contributed by atoms with Gasteiger partial charge in [-0.05, 0) is 49.2 Å². The van der Waals surface area contributed by atoms with Crippen LogP contribution in [0.25, 0.3) is 6.08 Å². The molecule has 0 bridgehead atoms. The molecule has 0 atom stereocenters. The molecule has 1 fully saturated rings. The Kier molecular flexibility index (Phi) is 6.63. The first-order valence-corrected chi connectivity index (χ1v) is 10.8. The summed E-state index contributed by atoms with van der Waals surface area (Å²) >= 11 is 0. The molecule has 1 saturated heterocycles. The molecule has 4 rings (SSSR count). The van der Waals surface area contributed by atoms with E-state index in [0.717, 1.165) is 38.8 Å². The second-order valence-electron chi connectivity index (χ2n) is 7.79. The molecule has 0 aromatic heterocycles. The maximum Gasteiger partial charge on any atom is 0.260 e. The van der Waals surface area contributed by atoms with E-state index in [4.69, 9.17) is 18.9 Å². The summed E-state index contributed by atoms with van der Waals surface area (Å²) in [7, 11) is 3.14. The van der Waals surface area contributed by atoms with Gasteiger partial charge in [0, 0.05) is 24.7 Å². The predicted octanol–water partition coefficient (Wildman–Crippen LogP) is 4.10. The van der Waals surface area contributed by atoms with Crippen LogP contribution in [-0.4, -0.2) is 50.5 Å². The number of rotatable bonds is 6. The van der Waals surface area contributed by atoms with Crippen molar-refractivity contribution in [1.29, 1.82) is 0 Å². The van der Waals surface area contributed by atoms with Crippen molar-refractivity contribution in [2.75, 3.05) is 33.9 Å². The van der Waals surface area contributed by atoms with Gasteiger partial charge in [-0.3, -0.25) is 9.59 Å². The Morgan fingerprint density at radius 2 is 1.75 bits per heavy atom. The summed E-state index contributed by atoms with van der Waals surface area (Å²) in [6.45, 7) is 1.54. The molecule has 0 aliphatic carbocycles. The largest absolute Gasteiger partial charge is 0.497 e. The van der Waals surface area contributed by atoms with E-state index in [1.807, 2.05) is 4.90 Å². The summed E-state index contributed by atoms with van der Waals surface area (Å²) in [6.07, 6.45) is 6.03. The Morgan fingerprint density at radius 3 is 2.47 bits per heavy atom. The van der Waals surface area contributed by atoms with Gasteiger partial charge in [-0.2, -0.15) is 0 Å². The van der Waals surface area contributed by atoms with E-state index in [1.54, 1.807) is 56.7 Å². The molecule has 2 heterocycles. The molecule has 0 saturated carbocycles. The van der Waals surface area contributed by atoms with Crippen LogP contribution >= 0.6 is 0 Å². The van der Waals surface area contributed by atoms with Gasteiger partial charge in [0.05, 0.1) is 19.8 Å². The molecule has 7 heteroatoms. The summed E-state index contributed by atoms with van der Waals surface area (Å²) in [5.41, 5.74) is 1.12. The summed E-state index contributed by atoms with van der Waals surface area (Å²) < 4.78 is 22.2. The Bertz CT molecular complexity index is 1040. The van der Waals surface area contributed by atoms with Gasteiger partial charge in [0.15, 0.2) is 12.4 Å². The minimum absolute atomic E-state index is 0.0184. The number of carbonyl (C=O) groups excluding carboxylic acids is 2. The standard InChI is InChI=1S/C25H27NO6/c1-29-18-8-10-21(30-2)17(13-18)14-23-25(28)20-9-7-19(15-22(20)32-23)31-16-24(27)26-11-5-3-4-6-12-26/h7-10,13-15H,3-6,11-12,16H2,1-2H3. The SMILES string of the molecule is COc1ccc(OC)c(C=C2Oc3cc(OCC(=O)N4CCCCCC4)ccc3C2=O)c1. The number of amides is 1. The van der Waals surface area contributed by atoms with Crippen LogP contribution in [0.2, 0.25) is 0 Å². The topological polar surface area (TPSA) is 74.3 Å². The molecule has 0 radical (unpaired) electrons. The Morgan fingerprint density at radius 1 is 1.00 bits per heavy atom. The van der Waals surface area contributed by atoms with Crippen molar-refractivity contribution in [1.82, 2.24) is 4.90 Å². The van der Waals surface area contributed by atoms with E-state index >= 15 is 0 Å². The molecular formula is C25H27NO6. The normalized spacial score (nSPS) is 16.9. The van der Waals surface area contributed by atoms with Crippen LogP contribution in [0.15, 0.2) is 42.2 Å². The fraction of sp³-hybridized carbons (Fsp3) is 0.360. The first kappa shape index (κ1) is 21.7. The molecule has 0 N–H and O–H groups in total. The number of methoxy groups -OCH3 is 2. The van der Waals surface area contributed by atoms with Crippen LogP contribution in [0.1, 0.15) is 41.6 Å². The van der Waals surface area contributed by atoms with Crippen molar-refractivity contribution in [3.05, 3.63) is 53.3 Å². The number of hydrogen-bond acceptors (Lipinski definition) is 6. The zero-order chi connectivity index (χ0) is 22.5. The lowest BCUT2D eigenvalue weighted by Gasteiger charge is -2.20. The molecule has 2 aromatic carbocycles. The highest BCUT2D eigenvalue weighted by Gasteiger charge is 2.28. The van der Waals surface area contributed by atoms with Crippen LogP contribution < -0.4 is 18.9 Å². The fourth-order valence-corrected chi connectivity index (χ4v) is 3.91. The van der Waals surface area contributed by atoms with Crippen LogP contribution in [-0.2, 0) is 4.79 Å². The number of ketones is 1. The van der Waals surface area contributed by atoms with Crippen molar-refractivity contribution in [3.8, 4) is 23.0 Å². The lowest BCUT2D eigenvalue weighted by molar-refractivity contribution is -0.133. The Balaban J connectivity index is 1.46. The van der Waals surface area contributed by atoms with E-state index in [0.29, 0.717) is 34.1 Å².